The normalized spacial score (nSPS) is 10.9. The summed E-state index contributed by atoms with van der Waals surface area (Å²) in [4.78, 5) is 0. The standard InChI is InChI=1S/C30H30Se/c1-3-23-13-17-25(18-14-23)21-27-9-5-7-11-29(27)31-30-12-8-6-10-28(30)22-26-19-15-24(4-2)16-20-26/h5-20H,3-4,21-22H2,1-2H3. The van der Waals surface area contributed by atoms with Crippen LogP contribution >= 0.6 is 0 Å². The molecule has 0 saturated carbocycles. The zero-order valence-corrected chi connectivity index (χ0v) is 20.2. The molecular weight excluding hydrogens is 439 g/mol. The first-order valence-corrected chi connectivity index (χ1v) is 13.0. The molecule has 0 heterocycles. The van der Waals surface area contributed by atoms with E-state index < -0.39 is 0 Å². The van der Waals surface area contributed by atoms with Crippen LogP contribution in [0.1, 0.15) is 47.2 Å². The van der Waals surface area contributed by atoms with Gasteiger partial charge in [-0.25, -0.2) is 0 Å². The van der Waals surface area contributed by atoms with Crippen LogP contribution in [-0.2, 0) is 25.7 Å². The second kappa shape index (κ2) is 10.6. The molecule has 0 aliphatic carbocycles. The third-order valence-electron chi connectivity index (χ3n) is 5.82. The molecule has 0 saturated heterocycles. The maximum absolute atomic E-state index is 2.32. The van der Waals surface area contributed by atoms with E-state index in [-0.39, 0.29) is 0 Å². The summed E-state index contributed by atoms with van der Waals surface area (Å²) in [6.45, 7) is 4.42. The quantitative estimate of drug-likeness (QED) is 0.293. The van der Waals surface area contributed by atoms with Crippen molar-refractivity contribution in [3.63, 3.8) is 0 Å². The fourth-order valence-corrected chi connectivity index (χ4v) is 6.09. The molecular formula is C30H30Se. The van der Waals surface area contributed by atoms with Crippen LogP contribution < -0.4 is 8.92 Å². The molecule has 0 fully saturated rings. The fourth-order valence-electron chi connectivity index (χ4n) is 3.84. The fraction of sp³-hybridized carbons (Fsp3) is 0.200. The molecule has 0 nitrogen and oxygen atoms in total. The average molecular weight is 470 g/mol. The molecule has 4 aromatic carbocycles. The second-order valence-electron chi connectivity index (χ2n) is 8.01. The molecule has 0 bridgehead atoms. The number of hydrogen-bond donors (Lipinski definition) is 0. The molecule has 31 heavy (non-hydrogen) atoms. The summed E-state index contributed by atoms with van der Waals surface area (Å²) in [5.74, 6) is 0. The Morgan fingerprint density at radius 1 is 0.452 bits per heavy atom. The monoisotopic (exact) mass is 470 g/mol. The van der Waals surface area contributed by atoms with Crippen LogP contribution in [-0.4, -0.2) is 15.0 Å². The summed E-state index contributed by atoms with van der Waals surface area (Å²) in [6.07, 6.45) is 4.20. The van der Waals surface area contributed by atoms with E-state index in [0.717, 1.165) is 25.7 Å². The van der Waals surface area contributed by atoms with E-state index in [4.69, 9.17) is 0 Å². The predicted octanol–water partition coefficient (Wildman–Crippen LogP) is 5.65. The van der Waals surface area contributed by atoms with Gasteiger partial charge in [-0.15, -0.1) is 0 Å². The van der Waals surface area contributed by atoms with Crippen molar-refractivity contribution in [1.29, 1.82) is 0 Å². The van der Waals surface area contributed by atoms with Gasteiger partial charge in [-0.3, -0.25) is 0 Å². The van der Waals surface area contributed by atoms with Gasteiger partial charge in [-0.2, -0.15) is 0 Å². The van der Waals surface area contributed by atoms with Gasteiger partial charge in [0.2, 0.25) is 0 Å². The van der Waals surface area contributed by atoms with Crippen molar-refractivity contribution in [2.24, 2.45) is 0 Å². The van der Waals surface area contributed by atoms with Gasteiger partial charge in [0, 0.05) is 0 Å². The van der Waals surface area contributed by atoms with Crippen LogP contribution in [0.4, 0.5) is 0 Å². The number of hydrogen-bond acceptors (Lipinski definition) is 0. The van der Waals surface area contributed by atoms with Crippen LogP contribution in [0.2, 0.25) is 0 Å². The zero-order chi connectivity index (χ0) is 21.5. The summed E-state index contributed by atoms with van der Waals surface area (Å²) in [5.41, 5.74) is 8.50. The Bertz CT molecular complexity index is 1020. The summed E-state index contributed by atoms with van der Waals surface area (Å²) in [6, 6.07) is 36.2. The van der Waals surface area contributed by atoms with Crippen molar-refractivity contribution in [2.45, 2.75) is 39.5 Å². The molecule has 1 heteroatoms. The van der Waals surface area contributed by atoms with Crippen molar-refractivity contribution in [3.8, 4) is 0 Å². The number of aryl methyl sites for hydroxylation is 2. The van der Waals surface area contributed by atoms with E-state index >= 15 is 0 Å². The molecule has 0 aromatic heterocycles. The van der Waals surface area contributed by atoms with Gasteiger partial charge in [0.1, 0.15) is 0 Å². The first kappa shape index (κ1) is 21.6. The Balaban J connectivity index is 1.55. The van der Waals surface area contributed by atoms with Crippen LogP contribution in [0.25, 0.3) is 0 Å². The Labute approximate surface area is 193 Å². The molecule has 0 radical (unpaired) electrons. The summed E-state index contributed by atoms with van der Waals surface area (Å²) < 4.78 is 2.98. The second-order valence-corrected chi connectivity index (χ2v) is 10.3. The van der Waals surface area contributed by atoms with E-state index in [9.17, 15) is 0 Å². The Morgan fingerprint density at radius 2 is 0.806 bits per heavy atom. The Hall–Kier alpha value is -2.60. The topological polar surface area (TPSA) is 0 Å². The van der Waals surface area contributed by atoms with Crippen LogP contribution in [0.5, 0.6) is 0 Å². The first-order valence-electron chi connectivity index (χ1n) is 11.2. The van der Waals surface area contributed by atoms with Crippen LogP contribution in [0, 0.1) is 0 Å². The molecule has 0 spiro atoms. The summed E-state index contributed by atoms with van der Waals surface area (Å²) >= 11 is 0.292. The summed E-state index contributed by atoms with van der Waals surface area (Å²) in [7, 11) is 0. The molecule has 4 aromatic rings. The predicted molar refractivity (Wildman–Crippen MR) is 135 cm³/mol. The van der Waals surface area contributed by atoms with Crippen molar-refractivity contribution in [3.05, 3.63) is 130 Å². The molecule has 0 amide bonds. The molecule has 4 rings (SSSR count). The van der Waals surface area contributed by atoms with E-state index in [1.807, 2.05) is 0 Å². The van der Waals surface area contributed by atoms with Gasteiger partial charge in [-0.1, -0.05) is 0 Å². The minimum absolute atomic E-state index is 0.292. The average Bonchev–Trinajstić information content (AvgIpc) is 2.82. The summed E-state index contributed by atoms with van der Waals surface area (Å²) in [5, 5.41) is 0. The zero-order valence-electron chi connectivity index (χ0n) is 18.5. The molecule has 0 aliphatic rings. The van der Waals surface area contributed by atoms with Gasteiger partial charge in [0.15, 0.2) is 0 Å². The molecule has 0 atom stereocenters. The van der Waals surface area contributed by atoms with E-state index in [2.05, 4.69) is 111 Å². The van der Waals surface area contributed by atoms with Crippen molar-refractivity contribution in [1.82, 2.24) is 0 Å². The molecule has 156 valence electrons. The van der Waals surface area contributed by atoms with Crippen LogP contribution in [0.3, 0.4) is 0 Å². The third kappa shape index (κ3) is 5.76. The van der Waals surface area contributed by atoms with E-state index in [0.29, 0.717) is 15.0 Å². The van der Waals surface area contributed by atoms with Gasteiger partial charge in [-0.05, 0) is 0 Å². The maximum atomic E-state index is 2.32. The van der Waals surface area contributed by atoms with Crippen molar-refractivity contribution >= 4 is 23.9 Å². The third-order valence-corrected chi connectivity index (χ3v) is 8.41. The Kier molecular flexibility index (Phi) is 7.41. The van der Waals surface area contributed by atoms with Crippen LogP contribution in [0.15, 0.2) is 97.1 Å². The number of rotatable bonds is 8. The molecule has 0 unspecified atom stereocenters. The van der Waals surface area contributed by atoms with E-state index in [1.165, 1.54) is 42.3 Å². The minimum atomic E-state index is 0.292. The van der Waals surface area contributed by atoms with Gasteiger partial charge >= 0.3 is 194 Å². The molecule has 0 aliphatic heterocycles. The van der Waals surface area contributed by atoms with E-state index in [1.54, 1.807) is 0 Å². The van der Waals surface area contributed by atoms with Crippen molar-refractivity contribution < 1.29 is 0 Å². The Morgan fingerprint density at radius 3 is 1.19 bits per heavy atom. The van der Waals surface area contributed by atoms with Gasteiger partial charge in [0.05, 0.1) is 0 Å². The number of benzene rings is 4. The van der Waals surface area contributed by atoms with Crippen molar-refractivity contribution in [2.75, 3.05) is 0 Å². The van der Waals surface area contributed by atoms with Gasteiger partial charge < -0.3 is 0 Å². The molecule has 0 N–H and O–H groups in total. The van der Waals surface area contributed by atoms with Gasteiger partial charge in [0.25, 0.3) is 0 Å². The SMILES string of the molecule is CCc1ccc(Cc2ccccc2[Se]c2ccccc2Cc2ccc(CC)cc2)cc1. The first-order chi connectivity index (χ1) is 15.2.